The first-order chi connectivity index (χ1) is 11.5. The number of carbonyl (C=O) groups excluding carboxylic acids is 1. The smallest absolute Gasteiger partial charge is 0.374 e. The molecular weight excluding hydrogens is 396 g/mol. The van der Waals surface area contributed by atoms with Crippen LogP contribution in [0.25, 0.3) is 11.0 Å². The average Bonchev–Trinajstić information content (AvgIpc) is 2.90. The summed E-state index contributed by atoms with van der Waals surface area (Å²) < 4.78 is 17.2. The number of esters is 1. The van der Waals surface area contributed by atoms with E-state index >= 15 is 0 Å². The number of benzene rings is 2. The molecule has 124 valence electrons. The van der Waals surface area contributed by atoms with Crippen LogP contribution >= 0.6 is 27.5 Å². The van der Waals surface area contributed by atoms with Crippen LogP contribution in [0.1, 0.15) is 16.1 Å². The van der Waals surface area contributed by atoms with Crippen LogP contribution in [0, 0.1) is 6.92 Å². The van der Waals surface area contributed by atoms with Crippen molar-refractivity contribution < 1.29 is 18.7 Å². The molecule has 0 bridgehead atoms. The molecule has 4 nitrogen and oxygen atoms in total. The molecule has 0 radical (unpaired) electrons. The first kappa shape index (κ1) is 16.9. The lowest BCUT2D eigenvalue weighted by atomic mass is 10.1. The highest BCUT2D eigenvalue weighted by atomic mass is 79.9. The summed E-state index contributed by atoms with van der Waals surface area (Å²) >= 11 is 9.21. The summed E-state index contributed by atoms with van der Waals surface area (Å²) in [5.74, 6) is 0.384. The molecule has 0 amide bonds. The van der Waals surface area contributed by atoms with Crippen molar-refractivity contribution >= 4 is 44.5 Å². The number of hydrogen-bond donors (Lipinski definition) is 0. The third-order valence-corrected chi connectivity index (χ3v) is 4.23. The number of fused-ring (bicyclic) bond motifs is 1. The maximum atomic E-state index is 12.2. The quantitative estimate of drug-likeness (QED) is 0.418. The molecule has 3 rings (SSSR count). The Balaban J connectivity index is 1.59. The van der Waals surface area contributed by atoms with E-state index in [-0.39, 0.29) is 19.0 Å². The summed E-state index contributed by atoms with van der Waals surface area (Å²) in [7, 11) is 0. The van der Waals surface area contributed by atoms with Crippen molar-refractivity contribution in [1.29, 1.82) is 0 Å². The average molecular weight is 410 g/mol. The maximum Gasteiger partial charge on any atom is 0.374 e. The lowest BCUT2D eigenvalue weighted by Crippen LogP contribution is -2.12. The standard InChI is InChI=1S/C18H14BrClO4/c1-11-15-10-12(19)2-7-16(15)24-17(11)18(21)23-9-8-22-14-5-3-13(20)4-6-14/h2-7,10H,8-9H2,1H3. The predicted octanol–water partition coefficient (Wildman–Crippen LogP) is 5.39. The second kappa shape index (κ2) is 7.28. The Hall–Kier alpha value is -1.98. The second-order valence-electron chi connectivity index (χ2n) is 5.13. The minimum absolute atomic E-state index is 0.127. The van der Waals surface area contributed by atoms with Gasteiger partial charge in [-0.15, -0.1) is 0 Å². The van der Waals surface area contributed by atoms with E-state index in [1.807, 2.05) is 25.1 Å². The number of hydrogen-bond acceptors (Lipinski definition) is 4. The van der Waals surface area contributed by atoms with Gasteiger partial charge in [-0.25, -0.2) is 4.79 Å². The summed E-state index contributed by atoms with van der Waals surface area (Å²) in [5.41, 5.74) is 1.41. The molecule has 0 aliphatic rings. The van der Waals surface area contributed by atoms with E-state index in [2.05, 4.69) is 15.9 Å². The molecule has 0 unspecified atom stereocenters. The van der Waals surface area contributed by atoms with Crippen molar-refractivity contribution in [2.45, 2.75) is 6.92 Å². The molecule has 6 heteroatoms. The highest BCUT2D eigenvalue weighted by molar-refractivity contribution is 9.10. The molecule has 0 saturated heterocycles. The van der Waals surface area contributed by atoms with Gasteiger partial charge in [0, 0.05) is 20.4 Å². The fourth-order valence-corrected chi connectivity index (χ4v) is 2.77. The van der Waals surface area contributed by atoms with E-state index in [0.717, 1.165) is 15.4 Å². The zero-order valence-electron chi connectivity index (χ0n) is 12.8. The molecule has 24 heavy (non-hydrogen) atoms. The fourth-order valence-electron chi connectivity index (χ4n) is 2.28. The summed E-state index contributed by atoms with van der Waals surface area (Å²) in [6.45, 7) is 2.21. The highest BCUT2D eigenvalue weighted by Gasteiger charge is 2.19. The zero-order chi connectivity index (χ0) is 17.1. The monoisotopic (exact) mass is 408 g/mol. The molecule has 0 fully saturated rings. The van der Waals surface area contributed by atoms with Gasteiger partial charge in [0.05, 0.1) is 0 Å². The van der Waals surface area contributed by atoms with Crippen LogP contribution in [0.3, 0.4) is 0 Å². The third kappa shape index (κ3) is 3.74. The normalized spacial score (nSPS) is 10.8. The van der Waals surface area contributed by atoms with Crippen molar-refractivity contribution in [1.82, 2.24) is 0 Å². The van der Waals surface area contributed by atoms with Crippen molar-refractivity contribution in [3.8, 4) is 5.75 Å². The van der Waals surface area contributed by atoms with Gasteiger partial charge in [0.25, 0.3) is 0 Å². The second-order valence-corrected chi connectivity index (χ2v) is 6.49. The molecule has 0 aliphatic carbocycles. The van der Waals surface area contributed by atoms with Crippen molar-refractivity contribution in [2.75, 3.05) is 13.2 Å². The fraction of sp³-hybridized carbons (Fsp3) is 0.167. The summed E-state index contributed by atoms with van der Waals surface area (Å²) in [4.78, 5) is 12.2. The Kier molecular flexibility index (Phi) is 5.11. The van der Waals surface area contributed by atoms with E-state index in [4.69, 9.17) is 25.5 Å². The molecule has 2 aromatic carbocycles. The Morgan fingerprint density at radius 3 is 2.67 bits per heavy atom. The molecule has 0 N–H and O–H groups in total. The number of halogens is 2. The molecule has 3 aromatic rings. The van der Waals surface area contributed by atoms with Gasteiger partial charge in [0.2, 0.25) is 5.76 Å². The summed E-state index contributed by atoms with van der Waals surface area (Å²) in [5, 5.41) is 1.52. The predicted molar refractivity (Wildman–Crippen MR) is 95.9 cm³/mol. The number of ether oxygens (including phenoxy) is 2. The summed E-state index contributed by atoms with van der Waals surface area (Å²) in [6, 6.07) is 12.6. The largest absolute Gasteiger partial charge is 0.490 e. The third-order valence-electron chi connectivity index (χ3n) is 3.48. The van der Waals surface area contributed by atoms with Gasteiger partial charge in [0.15, 0.2) is 0 Å². The molecule has 0 saturated carbocycles. The Bertz CT molecular complexity index is 871. The van der Waals surface area contributed by atoms with Crippen LogP contribution in [0.2, 0.25) is 5.02 Å². The minimum Gasteiger partial charge on any atom is -0.490 e. The van der Waals surface area contributed by atoms with E-state index < -0.39 is 5.97 Å². The van der Waals surface area contributed by atoms with Gasteiger partial charge in [-0.1, -0.05) is 27.5 Å². The maximum absolute atomic E-state index is 12.2. The van der Waals surface area contributed by atoms with Gasteiger partial charge in [-0.2, -0.15) is 0 Å². The lowest BCUT2D eigenvalue weighted by molar-refractivity contribution is 0.0416. The number of aryl methyl sites for hydroxylation is 1. The van der Waals surface area contributed by atoms with E-state index in [1.54, 1.807) is 24.3 Å². The molecule has 1 aromatic heterocycles. The highest BCUT2D eigenvalue weighted by Crippen LogP contribution is 2.28. The first-order valence-corrected chi connectivity index (χ1v) is 8.46. The van der Waals surface area contributed by atoms with Crippen LogP contribution in [0.4, 0.5) is 0 Å². The number of rotatable bonds is 5. The Morgan fingerprint density at radius 1 is 1.17 bits per heavy atom. The van der Waals surface area contributed by atoms with E-state index in [9.17, 15) is 4.79 Å². The topological polar surface area (TPSA) is 48.7 Å². The molecular formula is C18H14BrClO4. The van der Waals surface area contributed by atoms with Gasteiger partial charge in [-0.05, 0) is 49.4 Å². The first-order valence-electron chi connectivity index (χ1n) is 7.29. The van der Waals surface area contributed by atoms with Crippen molar-refractivity contribution in [3.05, 3.63) is 63.3 Å². The number of carbonyl (C=O) groups is 1. The Morgan fingerprint density at radius 2 is 1.92 bits per heavy atom. The van der Waals surface area contributed by atoms with Crippen LogP contribution < -0.4 is 4.74 Å². The van der Waals surface area contributed by atoms with Gasteiger partial charge < -0.3 is 13.9 Å². The van der Waals surface area contributed by atoms with E-state index in [1.165, 1.54) is 0 Å². The van der Waals surface area contributed by atoms with E-state index in [0.29, 0.717) is 16.4 Å². The van der Waals surface area contributed by atoms with Crippen LogP contribution in [0.15, 0.2) is 51.4 Å². The molecule has 0 aliphatic heterocycles. The van der Waals surface area contributed by atoms with Crippen LogP contribution in [0.5, 0.6) is 5.75 Å². The van der Waals surface area contributed by atoms with Gasteiger partial charge >= 0.3 is 5.97 Å². The van der Waals surface area contributed by atoms with Crippen LogP contribution in [-0.2, 0) is 4.74 Å². The molecule has 0 atom stereocenters. The lowest BCUT2D eigenvalue weighted by Gasteiger charge is -2.06. The SMILES string of the molecule is Cc1c(C(=O)OCCOc2ccc(Cl)cc2)oc2ccc(Br)cc12. The molecule has 0 spiro atoms. The zero-order valence-corrected chi connectivity index (χ0v) is 15.2. The summed E-state index contributed by atoms with van der Waals surface area (Å²) in [6.07, 6.45) is 0. The van der Waals surface area contributed by atoms with Gasteiger partial charge in [0.1, 0.15) is 24.5 Å². The number of furan rings is 1. The molecule has 1 heterocycles. The van der Waals surface area contributed by atoms with Gasteiger partial charge in [-0.3, -0.25) is 0 Å². The Labute approximate surface area is 152 Å². The van der Waals surface area contributed by atoms with Crippen molar-refractivity contribution in [3.63, 3.8) is 0 Å². The van der Waals surface area contributed by atoms with Crippen LogP contribution in [-0.4, -0.2) is 19.2 Å². The minimum atomic E-state index is -0.500. The van der Waals surface area contributed by atoms with Crippen molar-refractivity contribution in [2.24, 2.45) is 0 Å².